The summed E-state index contributed by atoms with van der Waals surface area (Å²) in [5, 5.41) is 11.8. The fraction of sp³-hybridized carbons (Fsp3) is 0. The Labute approximate surface area is 117 Å². The number of rotatable bonds is 2. The fourth-order valence-corrected chi connectivity index (χ4v) is 2.45. The Morgan fingerprint density at radius 3 is 2.47 bits per heavy atom. The van der Waals surface area contributed by atoms with Crippen molar-refractivity contribution in [3.05, 3.63) is 69.3 Å². The Balaban J connectivity index is 2.11. The lowest BCUT2D eigenvalue weighted by atomic mass is 10.2. The molecule has 3 aromatic rings. The van der Waals surface area contributed by atoms with Crippen LogP contribution in [0, 0.1) is 10.1 Å². The van der Waals surface area contributed by atoms with E-state index in [2.05, 4.69) is 15.9 Å². The number of aromatic nitrogens is 1. The quantitative estimate of drug-likeness (QED) is 0.522. The van der Waals surface area contributed by atoms with Crippen molar-refractivity contribution in [2.24, 2.45) is 0 Å². The van der Waals surface area contributed by atoms with Crippen LogP contribution in [0.5, 0.6) is 0 Å². The highest BCUT2D eigenvalue weighted by atomic mass is 79.9. The molecule has 0 amide bonds. The highest BCUT2D eigenvalue weighted by Gasteiger charge is 2.07. The lowest BCUT2D eigenvalue weighted by Gasteiger charge is -2.05. The van der Waals surface area contributed by atoms with Crippen LogP contribution in [0.4, 0.5) is 5.69 Å². The first kappa shape index (κ1) is 11.9. The Bertz CT molecular complexity index is 763. The summed E-state index contributed by atoms with van der Waals surface area (Å²) in [5.74, 6) is 0. The summed E-state index contributed by atoms with van der Waals surface area (Å²) in [6.07, 6.45) is 1.96. The molecule has 1 heterocycles. The van der Waals surface area contributed by atoms with Crippen molar-refractivity contribution >= 4 is 32.5 Å². The van der Waals surface area contributed by atoms with E-state index in [0.717, 1.165) is 21.1 Å². The van der Waals surface area contributed by atoms with Gasteiger partial charge < -0.3 is 4.57 Å². The van der Waals surface area contributed by atoms with Crippen LogP contribution in [-0.2, 0) is 0 Å². The molecule has 0 spiro atoms. The van der Waals surface area contributed by atoms with Gasteiger partial charge in [-0.15, -0.1) is 0 Å². The summed E-state index contributed by atoms with van der Waals surface area (Å²) in [4.78, 5) is 10.2. The molecule has 19 heavy (non-hydrogen) atoms. The van der Waals surface area contributed by atoms with Crippen molar-refractivity contribution in [1.82, 2.24) is 4.57 Å². The number of non-ortho nitro benzene ring substituents is 1. The zero-order valence-corrected chi connectivity index (χ0v) is 11.4. The van der Waals surface area contributed by atoms with Crippen molar-refractivity contribution in [3.8, 4) is 5.69 Å². The third-order valence-corrected chi connectivity index (χ3v) is 3.48. The zero-order chi connectivity index (χ0) is 13.4. The van der Waals surface area contributed by atoms with Gasteiger partial charge in [-0.25, -0.2) is 0 Å². The summed E-state index contributed by atoms with van der Waals surface area (Å²) < 4.78 is 3.03. The number of nitrogens with zero attached hydrogens (tertiary/aromatic N) is 2. The number of benzene rings is 2. The van der Waals surface area contributed by atoms with Crippen LogP contribution in [0.15, 0.2) is 59.2 Å². The standard InChI is InChI=1S/C14H9BrN2O2/c15-11-1-6-14-10(9-11)7-8-16(14)12-2-4-13(5-3-12)17(18)19/h1-9H. The van der Waals surface area contributed by atoms with E-state index in [1.54, 1.807) is 12.1 Å². The van der Waals surface area contributed by atoms with Crippen LogP contribution in [0.1, 0.15) is 0 Å². The predicted molar refractivity (Wildman–Crippen MR) is 77.6 cm³/mol. The minimum absolute atomic E-state index is 0.1000. The molecule has 0 saturated heterocycles. The van der Waals surface area contributed by atoms with Gasteiger partial charge in [0, 0.05) is 33.9 Å². The average Bonchev–Trinajstić information content (AvgIpc) is 2.81. The number of halogens is 1. The molecule has 4 nitrogen and oxygen atoms in total. The van der Waals surface area contributed by atoms with Crippen molar-refractivity contribution in [1.29, 1.82) is 0 Å². The molecule has 0 N–H and O–H groups in total. The second-order valence-electron chi connectivity index (χ2n) is 4.16. The Hall–Kier alpha value is -2.14. The summed E-state index contributed by atoms with van der Waals surface area (Å²) in [6.45, 7) is 0. The van der Waals surface area contributed by atoms with E-state index in [-0.39, 0.29) is 5.69 Å². The van der Waals surface area contributed by atoms with E-state index < -0.39 is 4.92 Å². The van der Waals surface area contributed by atoms with Gasteiger partial charge in [-0.05, 0) is 36.4 Å². The molecule has 0 radical (unpaired) electrons. The molecular formula is C14H9BrN2O2. The maximum Gasteiger partial charge on any atom is 0.269 e. The van der Waals surface area contributed by atoms with Gasteiger partial charge in [-0.2, -0.15) is 0 Å². The largest absolute Gasteiger partial charge is 0.317 e. The van der Waals surface area contributed by atoms with Gasteiger partial charge in [0.1, 0.15) is 0 Å². The molecular weight excluding hydrogens is 308 g/mol. The smallest absolute Gasteiger partial charge is 0.269 e. The van der Waals surface area contributed by atoms with Crippen LogP contribution in [-0.4, -0.2) is 9.49 Å². The Morgan fingerprint density at radius 2 is 1.79 bits per heavy atom. The van der Waals surface area contributed by atoms with Crippen LogP contribution in [0.3, 0.4) is 0 Å². The second-order valence-corrected chi connectivity index (χ2v) is 5.08. The second kappa shape index (κ2) is 4.51. The molecule has 0 bridgehead atoms. The molecule has 94 valence electrons. The normalized spacial score (nSPS) is 10.8. The van der Waals surface area contributed by atoms with Gasteiger partial charge in [-0.3, -0.25) is 10.1 Å². The van der Waals surface area contributed by atoms with Gasteiger partial charge in [-0.1, -0.05) is 15.9 Å². The Morgan fingerprint density at radius 1 is 1.05 bits per heavy atom. The molecule has 0 aliphatic rings. The van der Waals surface area contributed by atoms with E-state index in [1.807, 2.05) is 35.0 Å². The summed E-state index contributed by atoms with van der Waals surface area (Å²) >= 11 is 3.44. The minimum Gasteiger partial charge on any atom is -0.317 e. The maximum absolute atomic E-state index is 10.6. The molecule has 1 aromatic heterocycles. The Kier molecular flexibility index (Phi) is 2.83. The molecule has 0 saturated carbocycles. The van der Waals surface area contributed by atoms with Crippen LogP contribution in [0.25, 0.3) is 16.6 Å². The van der Waals surface area contributed by atoms with Crippen molar-refractivity contribution in [2.45, 2.75) is 0 Å². The van der Waals surface area contributed by atoms with Crippen LogP contribution in [0.2, 0.25) is 0 Å². The third-order valence-electron chi connectivity index (χ3n) is 2.99. The molecule has 5 heteroatoms. The van der Waals surface area contributed by atoms with E-state index in [0.29, 0.717) is 0 Å². The van der Waals surface area contributed by atoms with Gasteiger partial charge in [0.25, 0.3) is 5.69 Å². The number of nitro groups is 1. The lowest BCUT2D eigenvalue weighted by molar-refractivity contribution is -0.384. The van der Waals surface area contributed by atoms with Gasteiger partial charge in [0.05, 0.1) is 10.4 Å². The summed E-state index contributed by atoms with van der Waals surface area (Å²) in [7, 11) is 0. The number of fused-ring (bicyclic) bond motifs is 1. The average molecular weight is 317 g/mol. The summed E-state index contributed by atoms with van der Waals surface area (Å²) in [6, 6.07) is 14.6. The van der Waals surface area contributed by atoms with E-state index in [9.17, 15) is 10.1 Å². The van der Waals surface area contributed by atoms with Gasteiger partial charge >= 0.3 is 0 Å². The zero-order valence-electron chi connectivity index (χ0n) is 9.79. The maximum atomic E-state index is 10.6. The number of nitro benzene ring substituents is 1. The first-order valence-electron chi connectivity index (χ1n) is 5.66. The first-order chi connectivity index (χ1) is 9.15. The molecule has 0 atom stereocenters. The molecule has 0 unspecified atom stereocenters. The highest BCUT2D eigenvalue weighted by Crippen LogP contribution is 2.24. The molecule has 2 aromatic carbocycles. The summed E-state index contributed by atoms with van der Waals surface area (Å²) in [5.41, 5.74) is 2.07. The highest BCUT2D eigenvalue weighted by molar-refractivity contribution is 9.10. The van der Waals surface area contributed by atoms with Gasteiger partial charge in [0.15, 0.2) is 0 Å². The van der Waals surface area contributed by atoms with E-state index >= 15 is 0 Å². The third kappa shape index (κ3) is 2.13. The van der Waals surface area contributed by atoms with Crippen molar-refractivity contribution in [3.63, 3.8) is 0 Å². The molecule has 0 aliphatic carbocycles. The molecule has 0 aliphatic heterocycles. The predicted octanol–water partition coefficient (Wildman–Crippen LogP) is 4.30. The van der Waals surface area contributed by atoms with Gasteiger partial charge in [0.2, 0.25) is 0 Å². The van der Waals surface area contributed by atoms with Crippen LogP contribution < -0.4 is 0 Å². The number of hydrogen-bond donors (Lipinski definition) is 0. The van der Waals surface area contributed by atoms with Crippen molar-refractivity contribution in [2.75, 3.05) is 0 Å². The topological polar surface area (TPSA) is 48.1 Å². The van der Waals surface area contributed by atoms with Crippen molar-refractivity contribution < 1.29 is 4.92 Å². The van der Waals surface area contributed by atoms with E-state index in [1.165, 1.54) is 12.1 Å². The lowest BCUT2D eigenvalue weighted by Crippen LogP contribution is -1.93. The molecule has 0 fully saturated rings. The minimum atomic E-state index is -0.394. The molecule has 3 rings (SSSR count). The number of hydrogen-bond acceptors (Lipinski definition) is 2. The van der Waals surface area contributed by atoms with Crippen LogP contribution >= 0.6 is 15.9 Å². The fourth-order valence-electron chi connectivity index (χ4n) is 2.07. The monoisotopic (exact) mass is 316 g/mol. The van der Waals surface area contributed by atoms with E-state index in [4.69, 9.17) is 0 Å². The SMILES string of the molecule is O=[N+]([O-])c1ccc(-n2ccc3cc(Br)ccc32)cc1. The first-order valence-corrected chi connectivity index (χ1v) is 6.46.